The van der Waals surface area contributed by atoms with E-state index in [0.717, 1.165) is 16.2 Å². The average Bonchev–Trinajstić information content (AvgIpc) is 2.67. The standard InChI is InChI=1S/C18H29F2N3O3/c1-5-6-22(9-13(19)20)14(24)10-23-15(25)18(21-16(23)26)8-12(2)7-17(3,4)11-18/h12-13H,5-11H2,1-4H3,(H,21,26). The molecule has 2 fully saturated rings. The van der Waals surface area contributed by atoms with Crippen molar-refractivity contribution in [1.82, 2.24) is 15.1 Å². The minimum atomic E-state index is -2.65. The Labute approximate surface area is 153 Å². The zero-order valence-electron chi connectivity index (χ0n) is 16.0. The third-order valence-electron chi connectivity index (χ3n) is 5.12. The summed E-state index contributed by atoms with van der Waals surface area (Å²) < 4.78 is 25.4. The quantitative estimate of drug-likeness (QED) is 0.728. The summed E-state index contributed by atoms with van der Waals surface area (Å²) in [5, 5.41) is 2.79. The third kappa shape index (κ3) is 4.32. The van der Waals surface area contributed by atoms with Crippen LogP contribution in [0.3, 0.4) is 0 Å². The maximum Gasteiger partial charge on any atom is 0.325 e. The normalized spacial score (nSPS) is 28.0. The van der Waals surface area contributed by atoms with Crippen molar-refractivity contribution in [3.63, 3.8) is 0 Å². The molecule has 2 rings (SSSR count). The molecule has 2 aliphatic rings. The van der Waals surface area contributed by atoms with E-state index < -0.39 is 42.9 Å². The molecule has 2 atom stereocenters. The van der Waals surface area contributed by atoms with Crippen LogP contribution in [0.5, 0.6) is 0 Å². The molecule has 8 heteroatoms. The molecule has 0 bridgehead atoms. The van der Waals surface area contributed by atoms with Gasteiger partial charge in [0.15, 0.2) is 0 Å². The molecular weight excluding hydrogens is 344 g/mol. The van der Waals surface area contributed by atoms with E-state index in [1.165, 1.54) is 0 Å². The topological polar surface area (TPSA) is 69.7 Å². The Morgan fingerprint density at radius 3 is 2.54 bits per heavy atom. The average molecular weight is 373 g/mol. The van der Waals surface area contributed by atoms with Gasteiger partial charge in [0.25, 0.3) is 12.3 Å². The number of alkyl halides is 2. The number of hydrogen-bond donors (Lipinski definition) is 1. The van der Waals surface area contributed by atoms with Crippen LogP contribution in [-0.4, -0.2) is 59.2 Å². The maximum atomic E-state index is 13.0. The molecule has 1 aliphatic heterocycles. The van der Waals surface area contributed by atoms with Crippen LogP contribution in [0.25, 0.3) is 0 Å². The summed E-state index contributed by atoms with van der Waals surface area (Å²) >= 11 is 0. The van der Waals surface area contributed by atoms with Crippen LogP contribution in [0, 0.1) is 11.3 Å². The Kier molecular flexibility index (Phi) is 5.92. The number of rotatable bonds is 6. The van der Waals surface area contributed by atoms with Crippen molar-refractivity contribution in [2.75, 3.05) is 19.6 Å². The highest BCUT2D eigenvalue weighted by atomic mass is 19.3. The van der Waals surface area contributed by atoms with Gasteiger partial charge in [0, 0.05) is 6.54 Å². The van der Waals surface area contributed by atoms with Crippen LogP contribution in [0.1, 0.15) is 53.4 Å². The fourth-order valence-electron chi connectivity index (χ4n) is 4.64. The second-order valence-corrected chi connectivity index (χ2v) is 8.49. The van der Waals surface area contributed by atoms with Crippen LogP contribution in [0.2, 0.25) is 0 Å². The third-order valence-corrected chi connectivity index (χ3v) is 5.12. The van der Waals surface area contributed by atoms with Crippen molar-refractivity contribution < 1.29 is 23.2 Å². The van der Waals surface area contributed by atoms with Crippen molar-refractivity contribution >= 4 is 17.8 Å². The van der Waals surface area contributed by atoms with E-state index in [-0.39, 0.29) is 17.9 Å². The molecule has 1 aliphatic carbocycles. The van der Waals surface area contributed by atoms with Gasteiger partial charge in [-0.05, 0) is 37.0 Å². The van der Waals surface area contributed by atoms with Gasteiger partial charge in [-0.15, -0.1) is 0 Å². The number of amides is 4. The zero-order chi connectivity index (χ0) is 19.7. The first-order valence-electron chi connectivity index (χ1n) is 9.20. The summed E-state index contributed by atoms with van der Waals surface area (Å²) in [5.41, 5.74) is -1.10. The molecule has 0 aromatic heterocycles. The lowest BCUT2D eigenvalue weighted by atomic mass is 9.64. The van der Waals surface area contributed by atoms with E-state index >= 15 is 0 Å². The van der Waals surface area contributed by atoms with Crippen LogP contribution in [-0.2, 0) is 9.59 Å². The molecule has 1 saturated heterocycles. The van der Waals surface area contributed by atoms with Crippen molar-refractivity contribution in [2.24, 2.45) is 11.3 Å². The molecule has 6 nitrogen and oxygen atoms in total. The molecular formula is C18H29F2N3O3. The second-order valence-electron chi connectivity index (χ2n) is 8.49. The molecule has 148 valence electrons. The first kappa shape index (κ1) is 20.6. The summed E-state index contributed by atoms with van der Waals surface area (Å²) in [6, 6.07) is -0.609. The number of imide groups is 1. The van der Waals surface area contributed by atoms with Crippen LogP contribution in [0.15, 0.2) is 0 Å². The highest BCUT2D eigenvalue weighted by Crippen LogP contribution is 2.46. The Bertz CT molecular complexity index is 582. The number of nitrogens with one attached hydrogen (secondary N) is 1. The molecule has 4 amide bonds. The van der Waals surface area contributed by atoms with Gasteiger partial charge >= 0.3 is 6.03 Å². The predicted octanol–water partition coefficient (Wildman–Crippen LogP) is 2.63. The fraction of sp³-hybridized carbons (Fsp3) is 0.833. The summed E-state index contributed by atoms with van der Waals surface area (Å²) in [6.07, 6.45) is -0.138. The lowest BCUT2D eigenvalue weighted by Crippen LogP contribution is -2.54. The minimum absolute atomic E-state index is 0.107. The minimum Gasteiger partial charge on any atom is -0.335 e. The fourth-order valence-corrected chi connectivity index (χ4v) is 4.64. The highest BCUT2D eigenvalue weighted by Gasteiger charge is 2.56. The first-order chi connectivity index (χ1) is 12.0. The number of urea groups is 1. The summed E-state index contributed by atoms with van der Waals surface area (Å²) in [5.74, 6) is -0.783. The number of halogens is 2. The number of carbonyl (C=O) groups is 3. The Morgan fingerprint density at radius 1 is 1.35 bits per heavy atom. The van der Waals surface area contributed by atoms with Gasteiger partial charge in [-0.25, -0.2) is 13.6 Å². The van der Waals surface area contributed by atoms with Gasteiger partial charge in [0.05, 0.1) is 6.54 Å². The van der Waals surface area contributed by atoms with E-state index in [4.69, 9.17) is 0 Å². The van der Waals surface area contributed by atoms with E-state index in [2.05, 4.69) is 19.2 Å². The van der Waals surface area contributed by atoms with Crippen molar-refractivity contribution in [3.8, 4) is 0 Å². The monoisotopic (exact) mass is 373 g/mol. The SMILES string of the molecule is CCCN(CC(F)F)C(=O)CN1C(=O)NC2(CC(C)CC(C)(C)C2)C1=O. The van der Waals surface area contributed by atoms with E-state index in [1.54, 1.807) is 6.92 Å². The second kappa shape index (κ2) is 7.48. The Morgan fingerprint density at radius 2 is 2.00 bits per heavy atom. The van der Waals surface area contributed by atoms with Crippen LogP contribution in [0.4, 0.5) is 13.6 Å². The number of carbonyl (C=O) groups excluding carboxylic acids is 3. The van der Waals surface area contributed by atoms with Gasteiger partial charge in [-0.1, -0.05) is 27.7 Å². The summed E-state index contributed by atoms with van der Waals surface area (Å²) in [6.45, 7) is 6.93. The molecule has 1 heterocycles. The molecule has 0 aromatic carbocycles. The highest BCUT2D eigenvalue weighted by molar-refractivity contribution is 6.09. The van der Waals surface area contributed by atoms with E-state index in [1.807, 2.05) is 6.92 Å². The van der Waals surface area contributed by atoms with E-state index in [0.29, 0.717) is 19.3 Å². The van der Waals surface area contributed by atoms with Crippen molar-refractivity contribution in [2.45, 2.75) is 65.3 Å². The number of hydrogen-bond acceptors (Lipinski definition) is 3. The van der Waals surface area contributed by atoms with E-state index in [9.17, 15) is 23.2 Å². The molecule has 1 spiro atoms. The van der Waals surface area contributed by atoms with Gasteiger partial charge in [0.2, 0.25) is 5.91 Å². The summed E-state index contributed by atoms with van der Waals surface area (Å²) in [4.78, 5) is 39.7. The van der Waals surface area contributed by atoms with Gasteiger partial charge in [-0.2, -0.15) is 0 Å². The van der Waals surface area contributed by atoms with Gasteiger partial charge < -0.3 is 10.2 Å². The Hall–Kier alpha value is -1.73. The first-order valence-corrected chi connectivity index (χ1v) is 9.20. The molecule has 26 heavy (non-hydrogen) atoms. The van der Waals surface area contributed by atoms with Crippen molar-refractivity contribution in [1.29, 1.82) is 0 Å². The smallest absolute Gasteiger partial charge is 0.325 e. The molecule has 1 saturated carbocycles. The molecule has 0 radical (unpaired) electrons. The predicted molar refractivity (Wildman–Crippen MR) is 92.6 cm³/mol. The largest absolute Gasteiger partial charge is 0.335 e. The molecule has 2 unspecified atom stereocenters. The van der Waals surface area contributed by atoms with Crippen LogP contribution < -0.4 is 5.32 Å². The van der Waals surface area contributed by atoms with Crippen molar-refractivity contribution in [3.05, 3.63) is 0 Å². The van der Waals surface area contributed by atoms with Gasteiger partial charge in [-0.3, -0.25) is 14.5 Å². The molecule has 1 N–H and O–H groups in total. The van der Waals surface area contributed by atoms with Gasteiger partial charge in [0.1, 0.15) is 12.1 Å². The summed E-state index contributed by atoms with van der Waals surface area (Å²) in [7, 11) is 0. The van der Waals surface area contributed by atoms with Crippen LogP contribution >= 0.6 is 0 Å². The lowest BCUT2D eigenvalue weighted by molar-refractivity contribution is -0.141. The molecule has 0 aromatic rings. The maximum absolute atomic E-state index is 13.0. The lowest BCUT2D eigenvalue weighted by Gasteiger charge is -2.43. The Balaban J connectivity index is 2.14. The number of nitrogens with zero attached hydrogens (tertiary/aromatic N) is 2. The zero-order valence-corrected chi connectivity index (χ0v) is 16.0.